The summed E-state index contributed by atoms with van der Waals surface area (Å²) in [6.07, 6.45) is 2.49. The normalized spacial score (nSPS) is 34.5. The van der Waals surface area contributed by atoms with E-state index in [1.54, 1.807) is 0 Å². The van der Waals surface area contributed by atoms with Crippen LogP contribution in [0.25, 0.3) is 0 Å². The van der Waals surface area contributed by atoms with Gasteiger partial charge in [-0.1, -0.05) is 27.7 Å². The molecule has 3 N–H and O–H groups in total. The molecule has 1 aliphatic carbocycles. The highest BCUT2D eigenvalue weighted by molar-refractivity contribution is 5.34. The predicted octanol–water partition coefficient (Wildman–Crippen LogP) is 2.71. The summed E-state index contributed by atoms with van der Waals surface area (Å²) in [5, 5.41) is 7.14. The molecule has 15 heavy (non-hydrogen) atoms. The molecule has 0 saturated heterocycles. The summed E-state index contributed by atoms with van der Waals surface area (Å²) >= 11 is 0. The molecule has 1 aliphatic rings. The average molecular weight is 207 g/mol. The van der Waals surface area contributed by atoms with Crippen molar-refractivity contribution in [3.8, 4) is 0 Å². The van der Waals surface area contributed by atoms with Crippen molar-refractivity contribution in [1.82, 2.24) is 10.2 Å². The van der Waals surface area contributed by atoms with Gasteiger partial charge < -0.3 is 5.73 Å². The standard InChI is InChI=1S/C12H21N3/c1-8-5-6-12(4,11(8,2)3)9-7-10(13)15-14-9/h7-8H,5-6H2,1-4H3,(H3,13,14,15)/t8-,12-/m1/s1. The van der Waals surface area contributed by atoms with Gasteiger partial charge in [-0.05, 0) is 24.2 Å². The summed E-state index contributed by atoms with van der Waals surface area (Å²) < 4.78 is 0. The monoisotopic (exact) mass is 207 g/mol. The van der Waals surface area contributed by atoms with Crippen LogP contribution in [-0.2, 0) is 5.41 Å². The first-order chi connectivity index (χ1) is 6.88. The van der Waals surface area contributed by atoms with Crippen LogP contribution in [0, 0.1) is 11.3 Å². The zero-order valence-electron chi connectivity index (χ0n) is 10.1. The topological polar surface area (TPSA) is 54.7 Å². The fourth-order valence-corrected chi connectivity index (χ4v) is 2.83. The third kappa shape index (κ3) is 1.29. The minimum atomic E-state index is 0.178. The number of hydrogen-bond acceptors (Lipinski definition) is 2. The summed E-state index contributed by atoms with van der Waals surface area (Å²) in [5.41, 5.74) is 7.35. The van der Waals surface area contributed by atoms with Gasteiger partial charge in [0, 0.05) is 17.2 Å². The molecule has 0 aromatic carbocycles. The molecule has 3 nitrogen and oxygen atoms in total. The minimum Gasteiger partial charge on any atom is -0.382 e. The molecular weight excluding hydrogens is 186 g/mol. The van der Waals surface area contributed by atoms with E-state index in [-0.39, 0.29) is 5.41 Å². The fourth-order valence-electron chi connectivity index (χ4n) is 2.83. The van der Waals surface area contributed by atoms with Crippen LogP contribution in [-0.4, -0.2) is 10.2 Å². The molecule has 84 valence electrons. The maximum atomic E-state index is 5.69. The Morgan fingerprint density at radius 1 is 1.47 bits per heavy atom. The van der Waals surface area contributed by atoms with Gasteiger partial charge in [0.25, 0.3) is 0 Å². The van der Waals surface area contributed by atoms with Crippen LogP contribution >= 0.6 is 0 Å². The number of nitrogen functional groups attached to an aromatic ring is 1. The summed E-state index contributed by atoms with van der Waals surface area (Å²) in [6.45, 7) is 9.36. The summed E-state index contributed by atoms with van der Waals surface area (Å²) in [5.74, 6) is 1.34. The number of anilines is 1. The van der Waals surface area contributed by atoms with Gasteiger partial charge in [-0.3, -0.25) is 5.10 Å². The van der Waals surface area contributed by atoms with Crippen molar-refractivity contribution in [2.24, 2.45) is 11.3 Å². The van der Waals surface area contributed by atoms with Crippen molar-refractivity contribution in [2.45, 2.75) is 46.0 Å². The zero-order chi connectivity index (χ0) is 11.3. The second-order valence-corrected chi connectivity index (χ2v) is 5.70. The van der Waals surface area contributed by atoms with E-state index < -0.39 is 0 Å². The third-order valence-electron chi connectivity index (χ3n) is 4.92. The lowest BCUT2D eigenvalue weighted by Crippen LogP contribution is -2.37. The molecule has 0 unspecified atom stereocenters. The fraction of sp³-hybridized carbons (Fsp3) is 0.750. The van der Waals surface area contributed by atoms with Crippen molar-refractivity contribution in [1.29, 1.82) is 0 Å². The van der Waals surface area contributed by atoms with Crippen LogP contribution in [0.15, 0.2) is 6.07 Å². The van der Waals surface area contributed by atoms with Crippen molar-refractivity contribution in [3.05, 3.63) is 11.8 Å². The van der Waals surface area contributed by atoms with Gasteiger partial charge >= 0.3 is 0 Å². The van der Waals surface area contributed by atoms with E-state index >= 15 is 0 Å². The van der Waals surface area contributed by atoms with Gasteiger partial charge in [0.2, 0.25) is 0 Å². The predicted molar refractivity (Wildman–Crippen MR) is 62.5 cm³/mol. The molecular formula is C12H21N3. The molecule has 1 aromatic heterocycles. The average Bonchev–Trinajstić information content (AvgIpc) is 2.66. The molecule has 3 heteroatoms. The maximum absolute atomic E-state index is 5.69. The largest absolute Gasteiger partial charge is 0.382 e. The molecule has 0 spiro atoms. The van der Waals surface area contributed by atoms with E-state index in [0.717, 1.165) is 5.92 Å². The van der Waals surface area contributed by atoms with Crippen molar-refractivity contribution in [2.75, 3.05) is 5.73 Å². The Balaban J connectivity index is 2.43. The molecule has 1 aromatic rings. The molecule has 2 atom stereocenters. The van der Waals surface area contributed by atoms with E-state index in [9.17, 15) is 0 Å². The van der Waals surface area contributed by atoms with Gasteiger partial charge in [-0.2, -0.15) is 5.10 Å². The smallest absolute Gasteiger partial charge is 0.145 e. The number of hydrogen-bond donors (Lipinski definition) is 2. The van der Waals surface area contributed by atoms with Crippen LogP contribution in [0.5, 0.6) is 0 Å². The Labute approximate surface area is 91.4 Å². The molecule has 0 aliphatic heterocycles. The molecule has 1 saturated carbocycles. The first-order valence-corrected chi connectivity index (χ1v) is 5.69. The Morgan fingerprint density at radius 2 is 2.13 bits per heavy atom. The minimum absolute atomic E-state index is 0.178. The third-order valence-corrected chi connectivity index (χ3v) is 4.92. The molecule has 0 radical (unpaired) electrons. The van der Waals surface area contributed by atoms with Gasteiger partial charge in [0.05, 0.1) is 0 Å². The second kappa shape index (κ2) is 3.00. The van der Waals surface area contributed by atoms with Crippen molar-refractivity contribution < 1.29 is 0 Å². The van der Waals surface area contributed by atoms with E-state index in [4.69, 9.17) is 5.73 Å². The second-order valence-electron chi connectivity index (χ2n) is 5.70. The lowest BCUT2D eigenvalue weighted by molar-refractivity contribution is 0.167. The van der Waals surface area contributed by atoms with Crippen LogP contribution in [0.2, 0.25) is 0 Å². The Hall–Kier alpha value is -0.990. The number of aromatic amines is 1. The molecule has 0 amide bonds. The quantitative estimate of drug-likeness (QED) is 0.744. The summed E-state index contributed by atoms with van der Waals surface area (Å²) in [4.78, 5) is 0. The van der Waals surface area contributed by atoms with Gasteiger partial charge in [-0.25, -0.2) is 0 Å². The number of nitrogens with two attached hydrogens (primary N) is 1. The highest BCUT2D eigenvalue weighted by Crippen LogP contribution is 2.56. The number of H-pyrrole nitrogens is 1. The number of nitrogens with zero attached hydrogens (tertiary/aromatic N) is 1. The molecule has 1 heterocycles. The van der Waals surface area contributed by atoms with Gasteiger partial charge in [-0.15, -0.1) is 0 Å². The Morgan fingerprint density at radius 3 is 2.53 bits per heavy atom. The molecule has 0 bridgehead atoms. The van der Waals surface area contributed by atoms with E-state index in [1.165, 1.54) is 18.5 Å². The Kier molecular flexibility index (Phi) is 2.11. The maximum Gasteiger partial charge on any atom is 0.145 e. The van der Waals surface area contributed by atoms with Gasteiger partial charge in [0.1, 0.15) is 5.82 Å². The first kappa shape index (κ1) is 10.5. The van der Waals surface area contributed by atoms with Crippen molar-refractivity contribution >= 4 is 5.82 Å². The summed E-state index contributed by atoms with van der Waals surface area (Å²) in [6, 6.07) is 1.99. The molecule has 1 fully saturated rings. The highest BCUT2D eigenvalue weighted by Gasteiger charge is 2.51. The van der Waals surface area contributed by atoms with Gasteiger partial charge in [0.15, 0.2) is 0 Å². The van der Waals surface area contributed by atoms with Crippen LogP contribution in [0.1, 0.15) is 46.2 Å². The molecule has 2 rings (SSSR count). The zero-order valence-corrected chi connectivity index (χ0v) is 10.1. The van der Waals surface area contributed by atoms with Crippen LogP contribution in [0.4, 0.5) is 5.82 Å². The lowest BCUT2D eigenvalue weighted by atomic mass is 9.64. The Bertz CT molecular complexity index is 367. The first-order valence-electron chi connectivity index (χ1n) is 5.69. The van der Waals surface area contributed by atoms with E-state index in [1.807, 2.05) is 6.07 Å². The SMILES string of the molecule is C[C@@H]1CC[C@](C)(c2cc(N)n[nH]2)C1(C)C. The van der Waals surface area contributed by atoms with Crippen LogP contribution in [0.3, 0.4) is 0 Å². The van der Waals surface area contributed by atoms with E-state index in [0.29, 0.717) is 11.2 Å². The lowest BCUT2D eigenvalue weighted by Gasteiger charge is -2.40. The summed E-state index contributed by atoms with van der Waals surface area (Å²) in [7, 11) is 0. The van der Waals surface area contributed by atoms with Crippen LogP contribution < -0.4 is 5.73 Å². The number of nitrogens with one attached hydrogen (secondary N) is 1. The number of aromatic nitrogens is 2. The van der Waals surface area contributed by atoms with E-state index in [2.05, 4.69) is 37.9 Å². The van der Waals surface area contributed by atoms with Crippen molar-refractivity contribution in [3.63, 3.8) is 0 Å². The highest BCUT2D eigenvalue weighted by atomic mass is 15.2. The number of rotatable bonds is 1.